The van der Waals surface area contributed by atoms with Crippen LogP contribution in [0.4, 0.5) is 0 Å². The lowest BCUT2D eigenvalue weighted by atomic mass is 10.1. The van der Waals surface area contributed by atoms with E-state index in [1.807, 2.05) is 6.07 Å². The molecule has 0 fully saturated rings. The van der Waals surface area contributed by atoms with Crippen LogP contribution in [0.1, 0.15) is 23.4 Å². The molecule has 0 spiro atoms. The lowest BCUT2D eigenvalue weighted by molar-refractivity contribution is 0.637. The molecular formula is C13H12BrClINS. The Balaban J connectivity index is 2.44. The fourth-order valence-electron chi connectivity index (χ4n) is 1.79. The Bertz CT molecular complexity index is 544. The third-order valence-corrected chi connectivity index (χ3v) is 5.24. The van der Waals surface area contributed by atoms with E-state index in [0.29, 0.717) is 0 Å². The molecule has 1 nitrogen and oxygen atoms in total. The van der Waals surface area contributed by atoms with Gasteiger partial charge in [-0.15, -0.1) is 11.3 Å². The molecule has 1 N–H and O–H groups in total. The van der Waals surface area contributed by atoms with Gasteiger partial charge in [0.05, 0.1) is 10.4 Å². The van der Waals surface area contributed by atoms with E-state index in [2.05, 4.69) is 75.0 Å². The van der Waals surface area contributed by atoms with Crippen LogP contribution in [0.25, 0.3) is 0 Å². The van der Waals surface area contributed by atoms with Crippen LogP contribution in [0.5, 0.6) is 0 Å². The highest BCUT2D eigenvalue weighted by atomic mass is 127. The second kappa shape index (κ2) is 6.70. The zero-order valence-corrected chi connectivity index (χ0v) is 15.0. The molecule has 2 aromatic rings. The van der Waals surface area contributed by atoms with Crippen molar-refractivity contribution in [2.75, 3.05) is 6.54 Å². The molecule has 0 aliphatic heterocycles. The second-order valence-corrected chi connectivity index (χ2v) is 7.65. The number of hydrogen-bond acceptors (Lipinski definition) is 2. The van der Waals surface area contributed by atoms with Crippen molar-refractivity contribution in [2.24, 2.45) is 0 Å². The van der Waals surface area contributed by atoms with Crippen LogP contribution >= 0.6 is 61.5 Å². The first-order valence-corrected chi connectivity index (χ1v) is 8.62. The average molecular weight is 457 g/mol. The Morgan fingerprint density at radius 2 is 2.17 bits per heavy atom. The largest absolute Gasteiger partial charge is 0.306 e. The van der Waals surface area contributed by atoms with Gasteiger partial charge in [0.25, 0.3) is 0 Å². The van der Waals surface area contributed by atoms with Gasteiger partial charge in [0.1, 0.15) is 0 Å². The monoisotopic (exact) mass is 455 g/mol. The van der Waals surface area contributed by atoms with Crippen molar-refractivity contribution in [1.82, 2.24) is 5.32 Å². The zero-order chi connectivity index (χ0) is 13.1. The minimum absolute atomic E-state index is 0.191. The van der Waals surface area contributed by atoms with E-state index in [9.17, 15) is 0 Å². The molecule has 2 rings (SSSR count). The van der Waals surface area contributed by atoms with Crippen molar-refractivity contribution in [1.29, 1.82) is 0 Å². The first kappa shape index (κ1) is 14.8. The lowest BCUT2D eigenvalue weighted by Crippen LogP contribution is -2.21. The summed E-state index contributed by atoms with van der Waals surface area (Å²) in [5.74, 6) is 0. The topological polar surface area (TPSA) is 12.0 Å². The zero-order valence-electron chi connectivity index (χ0n) is 9.71. The van der Waals surface area contributed by atoms with Crippen molar-refractivity contribution < 1.29 is 0 Å². The molecular weight excluding hydrogens is 444 g/mol. The Kier molecular flexibility index (Phi) is 5.50. The summed E-state index contributed by atoms with van der Waals surface area (Å²) in [7, 11) is 0. The molecule has 1 aromatic heterocycles. The molecule has 1 atom stereocenters. The van der Waals surface area contributed by atoms with Crippen molar-refractivity contribution in [3.05, 3.63) is 53.2 Å². The maximum Gasteiger partial charge on any atom is 0.0931 e. The van der Waals surface area contributed by atoms with Gasteiger partial charge in [-0.05, 0) is 65.0 Å². The number of thiophene rings is 1. The molecule has 0 saturated heterocycles. The van der Waals surface area contributed by atoms with Gasteiger partial charge in [0.15, 0.2) is 0 Å². The summed E-state index contributed by atoms with van der Waals surface area (Å²) in [4.78, 5) is 1.24. The number of benzene rings is 1. The average Bonchev–Trinajstić information content (AvgIpc) is 2.76. The SMILES string of the molecule is CCNC(c1ccc(Cl)s1)c1cc(I)ccc1Br. The van der Waals surface area contributed by atoms with Crippen LogP contribution < -0.4 is 5.32 Å². The highest BCUT2D eigenvalue weighted by Crippen LogP contribution is 2.34. The summed E-state index contributed by atoms with van der Waals surface area (Å²) in [6.07, 6.45) is 0. The summed E-state index contributed by atoms with van der Waals surface area (Å²) in [6, 6.07) is 10.6. The summed E-state index contributed by atoms with van der Waals surface area (Å²) >= 11 is 13.6. The molecule has 0 aliphatic rings. The molecule has 0 radical (unpaired) electrons. The fourth-order valence-corrected chi connectivity index (χ4v) is 3.93. The molecule has 0 aliphatic carbocycles. The van der Waals surface area contributed by atoms with Crippen molar-refractivity contribution in [2.45, 2.75) is 13.0 Å². The normalized spacial score (nSPS) is 12.7. The van der Waals surface area contributed by atoms with Crippen LogP contribution in [-0.4, -0.2) is 6.54 Å². The van der Waals surface area contributed by atoms with Crippen LogP contribution in [-0.2, 0) is 0 Å². The van der Waals surface area contributed by atoms with Gasteiger partial charge in [-0.25, -0.2) is 0 Å². The molecule has 1 heterocycles. The first-order valence-electron chi connectivity index (χ1n) is 5.55. The van der Waals surface area contributed by atoms with Crippen LogP contribution in [0.2, 0.25) is 4.34 Å². The van der Waals surface area contributed by atoms with E-state index in [1.165, 1.54) is 14.0 Å². The van der Waals surface area contributed by atoms with Crippen molar-refractivity contribution >= 4 is 61.5 Å². The van der Waals surface area contributed by atoms with Crippen LogP contribution in [0.15, 0.2) is 34.8 Å². The van der Waals surface area contributed by atoms with E-state index >= 15 is 0 Å². The van der Waals surface area contributed by atoms with E-state index < -0.39 is 0 Å². The van der Waals surface area contributed by atoms with E-state index in [4.69, 9.17) is 11.6 Å². The molecule has 1 aromatic carbocycles. The lowest BCUT2D eigenvalue weighted by Gasteiger charge is -2.18. The molecule has 0 saturated carbocycles. The Hall–Kier alpha value is 0.380. The molecule has 18 heavy (non-hydrogen) atoms. The number of halogens is 3. The van der Waals surface area contributed by atoms with Crippen LogP contribution in [0.3, 0.4) is 0 Å². The number of nitrogens with one attached hydrogen (secondary N) is 1. The number of hydrogen-bond donors (Lipinski definition) is 1. The minimum atomic E-state index is 0.191. The predicted octanol–water partition coefficient (Wildman–Crippen LogP) is 5.47. The summed E-state index contributed by atoms with van der Waals surface area (Å²) in [6.45, 7) is 3.03. The highest BCUT2D eigenvalue weighted by Gasteiger charge is 2.18. The number of rotatable bonds is 4. The third kappa shape index (κ3) is 3.48. The molecule has 1 unspecified atom stereocenters. The highest BCUT2D eigenvalue weighted by molar-refractivity contribution is 14.1. The van der Waals surface area contributed by atoms with Gasteiger partial charge in [-0.1, -0.05) is 34.5 Å². The molecule has 5 heteroatoms. The standard InChI is InChI=1S/C13H12BrClINS/c1-2-17-13(11-5-6-12(15)18-11)9-7-8(16)3-4-10(9)14/h3-7,13,17H,2H2,1H3. The van der Waals surface area contributed by atoms with Gasteiger partial charge in [-0.3, -0.25) is 0 Å². The third-order valence-electron chi connectivity index (χ3n) is 2.56. The maximum atomic E-state index is 6.04. The van der Waals surface area contributed by atoms with Gasteiger partial charge in [0.2, 0.25) is 0 Å². The van der Waals surface area contributed by atoms with E-state index in [-0.39, 0.29) is 6.04 Å². The quantitative estimate of drug-likeness (QED) is 0.602. The van der Waals surface area contributed by atoms with Crippen LogP contribution in [0, 0.1) is 3.57 Å². The summed E-state index contributed by atoms with van der Waals surface area (Å²) in [5.41, 5.74) is 1.25. The molecule has 96 valence electrons. The van der Waals surface area contributed by atoms with Crippen molar-refractivity contribution in [3.63, 3.8) is 0 Å². The van der Waals surface area contributed by atoms with Gasteiger partial charge in [-0.2, -0.15) is 0 Å². The minimum Gasteiger partial charge on any atom is -0.306 e. The molecule has 0 bridgehead atoms. The van der Waals surface area contributed by atoms with Crippen molar-refractivity contribution in [3.8, 4) is 0 Å². The fraction of sp³-hybridized carbons (Fsp3) is 0.231. The predicted molar refractivity (Wildman–Crippen MR) is 91.7 cm³/mol. The van der Waals surface area contributed by atoms with E-state index in [0.717, 1.165) is 15.4 Å². The maximum absolute atomic E-state index is 6.04. The first-order chi connectivity index (χ1) is 8.61. The summed E-state index contributed by atoms with van der Waals surface area (Å²) in [5, 5.41) is 3.52. The Labute approximate surface area is 138 Å². The van der Waals surface area contributed by atoms with Gasteiger partial charge < -0.3 is 5.32 Å². The summed E-state index contributed by atoms with van der Waals surface area (Å²) < 4.78 is 3.18. The smallest absolute Gasteiger partial charge is 0.0931 e. The molecule has 0 amide bonds. The Morgan fingerprint density at radius 3 is 2.78 bits per heavy atom. The van der Waals surface area contributed by atoms with Gasteiger partial charge in [0, 0.05) is 12.9 Å². The second-order valence-electron chi connectivity index (χ2n) is 3.80. The van der Waals surface area contributed by atoms with Gasteiger partial charge >= 0.3 is 0 Å². The Morgan fingerprint density at radius 1 is 1.39 bits per heavy atom. The van der Waals surface area contributed by atoms with E-state index in [1.54, 1.807) is 11.3 Å².